The van der Waals surface area contributed by atoms with Crippen LogP contribution in [0.15, 0.2) is 39.3 Å². The van der Waals surface area contributed by atoms with E-state index in [1.54, 1.807) is 0 Å². The first-order chi connectivity index (χ1) is 12.7. The third-order valence-electron chi connectivity index (χ3n) is 5.73. The number of likely N-dealkylation sites (tertiary alicyclic amines) is 1. The van der Waals surface area contributed by atoms with Gasteiger partial charge in [-0.25, -0.2) is 0 Å². The third kappa shape index (κ3) is 2.82. The second-order valence-electron chi connectivity index (χ2n) is 7.44. The Kier molecular flexibility index (Phi) is 3.63. The standard InChI is InChI=1S/C19H21N5O2/c1-13-20-16(26-23-13)12-24-9-7-19(8-10-24)11-15(19)18-22-21-17(25-18)14-5-3-2-4-6-14/h2-6,15H,7-12H2,1H3/t15-/m1/s1. The molecule has 2 aliphatic rings. The lowest BCUT2D eigenvalue weighted by atomic mass is 9.91. The Morgan fingerprint density at radius 2 is 1.96 bits per heavy atom. The maximum atomic E-state index is 5.98. The van der Waals surface area contributed by atoms with Gasteiger partial charge in [0.05, 0.1) is 6.54 Å². The minimum absolute atomic E-state index is 0.335. The lowest BCUT2D eigenvalue weighted by Gasteiger charge is -2.31. The topological polar surface area (TPSA) is 81.1 Å². The Labute approximate surface area is 151 Å². The average Bonchev–Trinajstić information content (AvgIpc) is 3.01. The zero-order valence-electron chi connectivity index (χ0n) is 14.8. The van der Waals surface area contributed by atoms with E-state index in [9.17, 15) is 0 Å². The molecule has 2 aromatic heterocycles. The van der Waals surface area contributed by atoms with Gasteiger partial charge in [0.15, 0.2) is 5.82 Å². The Hall–Kier alpha value is -2.54. The molecule has 1 aliphatic heterocycles. The van der Waals surface area contributed by atoms with Crippen LogP contribution in [-0.2, 0) is 6.54 Å². The first kappa shape index (κ1) is 15.7. The van der Waals surface area contributed by atoms with Crippen LogP contribution in [-0.4, -0.2) is 38.3 Å². The van der Waals surface area contributed by atoms with Gasteiger partial charge in [-0.1, -0.05) is 23.4 Å². The van der Waals surface area contributed by atoms with Crippen molar-refractivity contribution < 1.29 is 8.94 Å². The number of hydrogen-bond donors (Lipinski definition) is 0. The lowest BCUT2D eigenvalue weighted by molar-refractivity contribution is 0.144. The van der Waals surface area contributed by atoms with E-state index in [2.05, 4.69) is 25.2 Å². The third-order valence-corrected chi connectivity index (χ3v) is 5.73. The fourth-order valence-electron chi connectivity index (χ4n) is 4.07. The van der Waals surface area contributed by atoms with Gasteiger partial charge >= 0.3 is 0 Å². The summed E-state index contributed by atoms with van der Waals surface area (Å²) in [7, 11) is 0. The zero-order valence-corrected chi connectivity index (χ0v) is 14.8. The van der Waals surface area contributed by atoms with E-state index in [4.69, 9.17) is 8.94 Å². The predicted molar refractivity (Wildman–Crippen MR) is 93.1 cm³/mol. The molecule has 0 bridgehead atoms. The first-order valence-electron chi connectivity index (χ1n) is 9.12. The molecule has 1 saturated heterocycles. The molecule has 1 spiro atoms. The molecule has 3 heterocycles. The Morgan fingerprint density at radius 3 is 2.69 bits per heavy atom. The van der Waals surface area contributed by atoms with Gasteiger partial charge in [-0.3, -0.25) is 4.90 Å². The second kappa shape index (κ2) is 6.02. The molecular formula is C19H21N5O2. The van der Waals surface area contributed by atoms with Crippen molar-refractivity contribution in [2.24, 2.45) is 5.41 Å². The van der Waals surface area contributed by atoms with Gasteiger partial charge in [0.1, 0.15) is 0 Å². The van der Waals surface area contributed by atoms with Crippen LogP contribution < -0.4 is 0 Å². The van der Waals surface area contributed by atoms with E-state index in [0.717, 1.165) is 50.4 Å². The van der Waals surface area contributed by atoms with Crippen LogP contribution in [0.2, 0.25) is 0 Å². The number of piperidine rings is 1. The van der Waals surface area contributed by atoms with Crippen LogP contribution in [0.1, 0.15) is 42.8 Å². The summed E-state index contributed by atoms with van der Waals surface area (Å²) in [5.74, 6) is 3.22. The number of aromatic nitrogens is 4. The molecule has 1 atom stereocenters. The number of hydrogen-bond acceptors (Lipinski definition) is 7. The maximum Gasteiger partial charge on any atom is 0.247 e. The van der Waals surface area contributed by atoms with E-state index in [1.807, 2.05) is 37.3 Å². The number of aryl methyl sites for hydroxylation is 1. The molecule has 1 aliphatic carbocycles. The van der Waals surface area contributed by atoms with Crippen molar-refractivity contribution in [3.8, 4) is 11.5 Å². The van der Waals surface area contributed by atoms with Gasteiger partial charge in [0, 0.05) is 11.5 Å². The van der Waals surface area contributed by atoms with E-state index >= 15 is 0 Å². The molecule has 7 heteroatoms. The highest BCUT2D eigenvalue weighted by atomic mass is 16.5. The highest BCUT2D eigenvalue weighted by molar-refractivity contribution is 5.51. The summed E-state index contributed by atoms with van der Waals surface area (Å²) in [6.07, 6.45) is 3.44. The normalized spacial score (nSPS) is 22.0. The van der Waals surface area contributed by atoms with Crippen LogP contribution in [0.25, 0.3) is 11.5 Å². The summed E-state index contributed by atoms with van der Waals surface area (Å²) in [4.78, 5) is 6.68. The van der Waals surface area contributed by atoms with Crippen molar-refractivity contribution in [2.75, 3.05) is 13.1 Å². The molecule has 1 aromatic carbocycles. The minimum atomic E-state index is 0.335. The van der Waals surface area contributed by atoms with Crippen molar-refractivity contribution in [3.05, 3.63) is 47.9 Å². The Balaban J connectivity index is 1.22. The molecular weight excluding hydrogens is 330 g/mol. The van der Waals surface area contributed by atoms with Crippen molar-refractivity contribution >= 4 is 0 Å². The lowest BCUT2D eigenvalue weighted by Crippen LogP contribution is -2.34. The summed E-state index contributed by atoms with van der Waals surface area (Å²) in [6, 6.07) is 9.95. The van der Waals surface area contributed by atoms with E-state index in [-0.39, 0.29) is 0 Å². The predicted octanol–water partition coefficient (Wildman–Crippen LogP) is 3.20. The molecule has 2 fully saturated rings. The molecule has 134 valence electrons. The van der Waals surface area contributed by atoms with Crippen molar-refractivity contribution in [2.45, 2.75) is 38.6 Å². The fraction of sp³-hybridized carbons (Fsp3) is 0.474. The zero-order chi connectivity index (χ0) is 17.6. The van der Waals surface area contributed by atoms with Gasteiger partial charge in [0.2, 0.25) is 17.7 Å². The summed E-state index contributed by atoms with van der Waals surface area (Å²) in [5, 5.41) is 12.4. The van der Waals surface area contributed by atoms with Crippen molar-refractivity contribution in [3.63, 3.8) is 0 Å². The van der Waals surface area contributed by atoms with Crippen molar-refractivity contribution in [1.29, 1.82) is 0 Å². The van der Waals surface area contributed by atoms with Gasteiger partial charge in [0.25, 0.3) is 0 Å². The summed E-state index contributed by atoms with van der Waals surface area (Å²) < 4.78 is 11.2. The van der Waals surface area contributed by atoms with Crippen LogP contribution in [0.5, 0.6) is 0 Å². The molecule has 5 rings (SSSR count). The van der Waals surface area contributed by atoms with Crippen LogP contribution in [0.4, 0.5) is 0 Å². The van der Waals surface area contributed by atoms with Crippen LogP contribution >= 0.6 is 0 Å². The highest BCUT2D eigenvalue weighted by Gasteiger charge is 2.58. The molecule has 0 N–H and O–H groups in total. The minimum Gasteiger partial charge on any atom is -0.420 e. The van der Waals surface area contributed by atoms with E-state index in [1.165, 1.54) is 0 Å². The van der Waals surface area contributed by atoms with Gasteiger partial charge in [-0.2, -0.15) is 4.98 Å². The highest BCUT2D eigenvalue weighted by Crippen LogP contribution is 2.64. The van der Waals surface area contributed by atoms with Crippen LogP contribution in [0.3, 0.4) is 0 Å². The Bertz CT molecular complexity index is 896. The van der Waals surface area contributed by atoms with Gasteiger partial charge in [-0.05, 0) is 56.8 Å². The number of nitrogens with zero attached hydrogens (tertiary/aromatic N) is 5. The Morgan fingerprint density at radius 1 is 1.15 bits per heavy atom. The average molecular weight is 351 g/mol. The molecule has 26 heavy (non-hydrogen) atoms. The van der Waals surface area contributed by atoms with E-state index < -0.39 is 0 Å². The fourth-order valence-corrected chi connectivity index (χ4v) is 4.07. The maximum absolute atomic E-state index is 5.98. The molecule has 0 unspecified atom stereocenters. The number of rotatable bonds is 4. The van der Waals surface area contributed by atoms with Gasteiger partial charge in [-0.15, -0.1) is 10.2 Å². The SMILES string of the molecule is Cc1noc(CN2CCC3(CC2)C[C@@H]3c2nnc(-c3ccccc3)o2)n1. The summed E-state index contributed by atoms with van der Waals surface area (Å²) >= 11 is 0. The molecule has 1 saturated carbocycles. The second-order valence-corrected chi connectivity index (χ2v) is 7.44. The van der Waals surface area contributed by atoms with E-state index in [0.29, 0.717) is 28.9 Å². The molecule has 0 amide bonds. The van der Waals surface area contributed by atoms with Crippen LogP contribution in [0, 0.1) is 12.3 Å². The molecule has 0 radical (unpaired) electrons. The smallest absolute Gasteiger partial charge is 0.247 e. The van der Waals surface area contributed by atoms with Gasteiger partial charge < -0.3 is 8.94 Å². The monoisotopic (exact) mass is 351 g/mol. The van der Waals surface area contributed by atoms with Crippen molar-refractivity contribution in [1.82, 2.24) is 25.2 Å². The summed E-state index contributed by atoms with van der Waals surface area (Å²) in [6.45, 7) is 4.66. The molecule has 7 nitrogen and oxygen atoms in total. The summed E-state index contributed by atoms with van der Waals surface area (Å²) in [5.41, 5.74) is 1.31. The largest absolute Gasteiger partial charge is 0.420 e. The first-order valence-corrected chi connectivity index (χ1v) is 9.12. The quantitative estimate of drug-likeness (QED) is 0.714. The molecule has 3 aromatic rings. The number of benzene rings is 1.